The monoisotopic (exact) mass is 285 g/mol. The number of hydrogen-bond donors (Lipinski definition) is 1. The lowest BCUT2D eigenvalue weighted by Gasteiger charge is -2.10. The molecule has 1 heterocycles. The van der Waals surface area contributed by atoms with Crippen LogP contribution in [0.25, 0.3) is 11.4 Å². The van der Waals surface area contributed by atoms with E-state index in [1.54, 1.807) is 0 Å². The van der Waals surface area contributed by atoms with Crippen molar-refractivity contribution in [1.82, 2.24) is 9.97 Å². The van der Waals surface area contributed by atoms with Crippen LogP contribution < -0.4 is 10.1 Å². The quantitative estimate of drug-likeness (QED) is 0.877. The molecule has 0 bridgehead atoms. The first kappa shape index (κ1) is 15.3. The van der Waals surface area contributed by atoms with Gasteiger partial charge in [0.15, 0.2) is 5.82 Å². The van der Waals surface area contributed by atoms with Gasteiger partial charge in [-0.1, -0.05) is 13.8 Å². The lowest BCUT2D eigenvalue weighted by molar-refractivity contribution is 0.340. The Morgan fingerprint density at radius 2 is 1.86 bits per heavy atom. The normalized spacial score (nSPS) is 10.7. The molecule has 2 rings (SSSR count). The predicted molar refractivity (Wildman–Crippen MR) is 86.7 cm³/mol. The van der Waals surface area contributed by atoms with Crippen LogP contribution in [-0.2, 0) is 6.42 Å². The Labute approximate surface area is 126 Å². The maximum Gasteiger partial charge on any atom is 0.161 e. The van der Waals surface area contributed by atoms with Gasteiger partial charge >= 0.3 is 0 Å². The van der Waals surface area contributed by atoms with Crippen LogP contribution in [0.3, 0.4) is 0 Å². The van der Waals surface area contributed by atoms with Crippen molar-refractivity contribution in [2.45, 2.75) is 27.2 Å². The summed E-state index contributed by atoms with van der Waals surface area (Å²) in [5.74, 6) is 3.04. The number of anilines is 1. The Morgan fingerprint density at radius 1 is 1.14 bits per heavy atom. The molecule has 4 nitrogen and oxygen atoms in total. The van der Waals surface area contributed by atoms with E-state index in [1.807, 2.05) is 44.3 Å². The molecular formula is C17H23N3O. The third-order valence-corrected chi connectivity index (χ3v) is 3.08. The highest BCUT2D eigenvalue weighted by Gasteiger charge is 2.08. The van der Waals surface area contributed by atoms with Crippen molar-refractivity contribution in [2.24, 2.45) is 5.92 Å². The SMILES string of the molecule is CCOc1ccc(-c2nc(CC(C)C)cc(NC)n2)cc1. The van der Waals surface area contributed by atoms with Crippen molar-refractivity contribution in [2.75, 3.05) is 19.0 Å². The molecular weight excluding hydrogens is 262 g/mol. The number of hydrogen-bond acceptors (Lipinski definition) is 4. The number of nitrogens with zero attached hydrogens (tertiary/aromatic N) is 2. The van der Waals surface area contributed by atoms with Crippen LogP contribution in [0.2, 0.25) is 0 Å². The fourth-order valence-electron chi connectivity index (χ4n) is 2.14. The van der Waals surface area contributed by atoms with Crippen LogP contribution >= 0.6 is 0 Å². The fourth-order valence-corrected chi connectivity index (χ4v) is 2.14. The number of aromatic nitrogens is 2. The molecule has 0 unspecified atom stereocenters. The summed E-state index contributed by atoms with van der Waals surface area (Å²) < 4.78 is 5.46. The smallest absolute Gasteiger partial charge is 0.161 e. The van der Waals surface area contributed by atoms with Gasteiger partial charge in [0.05, 0.1) is 6.61 Å². The van der Waals surface area contributed by atoms with Crippen LogP contribution in [0.4, 0.5) is 5.82 Å². The maximum absolute atomic E-state index is 5.46. The van der Waals surface area contributed by atoms with Gasteiger partial charge in [-0.3, -0.25) is 0 Å². The largest absolute Gasteiger partial charge is 0.494 e. The van der Waals surface area contributed by atoms with E-state index in [9.17, 15) is 0 Å². The van der Waals surface area contributed by atoms with Gasteiger partial charge in [-0.25, -0.2) is 9.97 Å². The molecule has 0 amide bonds. The van der Waals surface area contributed by atoms with Gasteiger partial charge in [-0.05, 0) is 43.5 Å². The van der Waals surface area contributed by atoms with E-state index in [0.29, 0.717) is 12.5 Å². The first-order chi connectivity index (χ1) is 10.1. The van der Waals surface area contributed by atoms with Gasteiger partial charge in [0.2, 0.25) is 0 Å². The van der Waals surface area contributed by atoms with Crippen LogP contribution in [0.1, 0.15) is 26.5 Å². The van der Waals surface area contributed by atoms with E-state index in [4.69, 9.17) is 4.74 Å². The van der Waals surface area contributed by atoms with Crippen LogP contribution in [-0.4, -0.2) is 23.6 Å². The van der Waals surface area contributed by atoms with Gasteiger partial charge in [-0.15, -0.1) is 0 Å². The molecule has 0 radical (unpaired) electrons. The molecule has 21 heavy (non-hydrogen) atoms. The van der Waals surface area contributed by atoms with Gasteiger partial charge < -0.3 is 10.1 Å². The zero-order valence-electron chi connectivity index (χ0n) is 13.2. The average Bonchev–Trinajstić information content (AvgIpc) is 2.47. The Kier molecular flexibility index (Phi) is 5.14. The standard InChI is InChI=1S/C17H23N3O/c1-5-21-15-8-6-13(7-9-15)17-19-14(10-12(2)3)11-16(18-4)20-17/h6-9,11-12H,5,10H2,1-4H3,(H,18,19,20). The number of ether oxygens (including phenoxy) is 1. The van der Waals surface area contributed by atoms with E-state index < -0.39 is 0 Å². The van der Waals surface area contributed by atoms with E-state index >= 15 is 0 Å². The summed E-state index contributed by atoms with van der Waals surface area (Å²) in [7, 11) is 1.88. The van der Waals surface area contributed by atoms with E-state index in [-0.39, 0.29) is 0 Å². The minimum absolute atomic E-state index is 0.567. The van der Waals surface area contributed by atoms with Crippen molar-refractivity contribution < 1.29 is 4.74 Å². The fraction of sp³-hybridized carbons (Fsp3) is 0.412. The first-order valence-corrected chi connectivity index (χ1v) is 7.41. The summed E-state index contributed by atoms with van der Waals surface area (Å²) in [6, 6.07) is 9.92. The zero-order valence-corrected chi connectivity index (χ0v) is 13.2. The first-order valence-electron chi connectivity index (χ1n) is 7.41. The molecule has 1 aromatic carbocycles. The topological polar surface area (TPSA) is 47.0 Å². The molecule has 0 aliphatic heterocycles. The molecule has 0 saturated carbocycles. The Morgan fingerprint density at radius 3 is 2.43 bits per heavy atom. The molecule has 0 aliphatic carbocycles. The summed E-state index contributed by atoms with van der Waals surface area (Å²) in [6.45, 7) is 7.03. The summed E-state index contributed by atoms with van der Waals surface area (Å²) in [6.07, 6.45) is 0.946. The molecule has 4 heteroatoms. The second kappa shape index (κ2) is 7.07. The van der Waals surface area contributed by atoms with Crippen molar-refractivity contribution >= 4 is 5.82 Å². The van der Waals surface area contributed by atoms with E-state index in [0.717, 1.165) is 35.1 Å². The average molecular weight is 285 g/mol. The molecule has 112 valence electrons. The highest BCUT2D eigenvalue weighted by Crippen LogP contribution is 2.22. The number of benzene rings is 1. The lowest BCUT2D eigenvalue weighted by atomic mass is 10.1. The van der Waals surface area contributed by atoms with Crippen LogP contribution in [0, 0.1) is 5.92 Å². The highest BCUT2D eigenvalue weighted by molar-refractivity contribution is 5.58. The minimum atomic E-state index is 0.567. The van der Waals surface area contributed by atoms with Crippen molar-refractivity contribution in [3.63, 3.8) is 0 Å². The zero-order chi connectivity index (χ0) is 15.2. The van der Waals surface area contributed by atoms with E-state index in [1.165, 1.54) is 0 Å². The van der Waals surface area contributed by atoms with Gasteiger partial charge in [0, 0.05) is 24.4 Å². The Bertz CT molecular complexity index is 579. The van der Waals surface area contributed by atoms with Crippen molar-refractivity contribution in [1.29, 1.82) is 0 Å². The number of nitrogens with one attached hydrogen (secondary N) is 1. The van der Waals surface area contributed by atoms with Crippen molar-refractivity contribution in [3.8, 4) is 17.1 Å². The molecule has 0 fully saturated rings. The van der Waals surface area contributed by atoms with Gasteiger partial charge in [-0.2, -0.15) is 0 Å². The third kappa shape index (κ3) is 4.18. The highest BCUT2D eigenvalue weighted by atomic mass is 16.5. The number of rotatable bonds is 6. The summed E-state index contributed by atoms with van der Waals surface area (Å²) in [4.78, 5) is 9.22. The molecule has 1 aromatic heterocycles. The molecule has 1 N–H and O–H groups in total. The van der Waals surface area contributed by atoms with Gasteiger partial charge in [0.1, 0.15) is 11.6 Å². The Hall–Kier alpha value is -2.10. The van der Waals surface area contributed by atoms with Crippen LogP contribution in [0.5, 0.6) is 5.75 Å². The van der Waals surface area contributed by atoms with E-state index in [2.05, 4.69) is 29.1 Å². The predicted octanol–water partition coefficient (Wildman–Crippen LogP) is 3.78. The molecule has 2 aromatic rings. The lowest BCUT2D eigenvalue weighted by Crippen LogP contribution is -2.03. The molecule has 0 spiro atoms. The van der Waals surface area contributed by atoms with Gasteiger partial charge in [0.25, 0.3) is 0 Å². The molecule has 0 aliphatic rings. The summed E-state index contributed by atoms with van der Waals surface area (Å²) in [5.41, 5.74) is 2.06. The Balaban J connectivity index is 2.32. The molecule has 0 atom stereocenters. The second-order valence-electron chi connectivity index (χ2n) is 5.37. The summed E-state index contributed by atoms with van der Waals surface area (Å²) >= 11 is 0. The summed E-state index contributed by atoms with van der Waals surface area (Å²) in [5, 5.41) is 3.11. The maximum atomic E-state index is 5.46. The van der Waals surface area contributed by atoms with Crippen LogP contribution in [0.15, 0.2) is 30.3 Å². The molecule has 0 saturated heterocycles. The second-order valence-corrected chi connectivity index (χ2v) is 5.37. The van der Waals surface area contributed by atoms with Crippen molar-refractivity contribution in [3.05, 3.63) is 36.0 Å². The minimum Gasteiger partial charge on any atom is -0.494 e. The third-order valence-electron chi connectivity index (χ3n) is 3.08.